The molecule has 0 radical (unpaired) electrons. The van der Waals surface area contributed by atoms with Gasteiger partial charge in [-0.05, 0) is 82.0 Å². The average molecular weight is 533 g/mol. The molecule has 0 spiro atoms. The summed E-state index contributed by atoms with van der Waals surface area (Å²) in [5.74, 6) is 0.296. The molecule has 0 aromatic heterocycles. The smallest absolute Gasteiger partial charge is 0.151 e. The Bertz CT molecular complexity index is 1080. The Balaban J connectivity index is 0.000000652. The third-order valence-corrected chi connectivity index (χ3v) is 6.50. The molecule has 3 rings (SSSR count). The van der Waals surface area contributed by atoms with Crippen LogP contribution in [0.4, 0.5) is 5.69 Å². The first-order valence-corrected chi connectivity index (χ1v) is 14.0. The second-order valence-electron chi connectivity index (χ2n) is 10.5. The minimum absolute atomic E-state index is 0.296. The van der Waals surface area contributed by atoms with Crippen molar-refractivity contribution in [3.63, 3.8) is 0 Å². The highest BCUT2D eigenvalue weighted by Gasteiger charge is 2.22. The summed E-state index contributed by atoms with van der Waals surface area (Å²) < 4.78 is 0. The Hall–Kier alpha value is -3.38. The predicted octanol–water partition coefficient (Wildman–Crippen LogP) is 6.70. The van der Waals surface area contributed by atoms with Crippen LogP contribution in [0.15, 0.2) is 72.5 Å². The molecule has 0 saturated heterocycles. The van der Waals surface area contributed by atoms with Crippen molar-refractivity contribution in [1.82, 2.24) is 10.2 Å². The minimum atomic E-state index is 0.296. The summed E-state index contributed by atoms with van der Waals surface area (Å²) in [4.78, 5) is 6.60. The molecule has 6 heteroatoms. The van der Waals surface area contributed by atoms with E-state index in [1.165, 1.54) is 23.7 Å². The third kappa shape index (κ3) is 12.3. The number of benzene rings is 2. The van der Waals surface area contributed by atoms with E-state index in [-0.39, 0.29) is 0 Å². The van der Waals surface area contributed by atoms with Gasteiger partial charge in [0.1, 0.15) is 0 Å². The van der Waals surface area contributed by atoms with Crippen molar-refractivity contribution in [2.75, 3.05) is 25.5 Å². The maximum absolute atomic E-state index is 8.16. The summed E-state index contributed by atoms with van der Waals surface area (Å²) >= 11 is 0. The summed E-state index contributed by atoms with van der Waals surface area (Å²) in [5, 5.41) is 15.0. The zero-order chi connectivity index (χ0) is 29.4. The van der Waals surface area contributed by atoms with Gasteiger partial charge in [0.2, 0.25) is 0 Å². The first-order valence-electron chi connectivity index (χ1n) is 14.0. The fraction of sp³-hybridized carbons (Fsp3) is 0.455. The molecular weight excluding hydrogens is 480 g/mol. The van der Waals surface area contributed by atoms with Crippen LogP contribution in [0.5, 0.6) is 0 Å². The molecule has 214 valence electrons. The summed E-state index contributed by atoms with van der Waals surface area (Å²) in [6.45, 7) is 21.7. The van der Waals surface area contributed by atoms with Gasteiger partial charge < -0.3 is 21.3 Å². The maximum Gasteiger partial charge on any atom is 0.151 e. The standard InChI is InChI=1S/C25H32N4.C6H15N.C2H5N/c1-17(2)28-25(26)22-11-10-18(3)24(15-22)27-16-19(4)29(5)23-13-12-20-8-6-7-9-21(20)14-23;1-4-5-7-6(2)3;1-2-3/h6-11,15,23,26-27H,4,12-14,16H2,1-3,5H3;6-7H,4-5H2,1-3H3;2H,1,3H2. The van der Waals surface area contributed by atoms with E-state index in [4.69, 9.17) is 5.41 Å². The molecule has 0 fully saturated rings. The van der Waals surface area contributed by atoms with Crippen LogP contribution in [0.25, 0.3) is 0 Å². The molecule has 0 saturated carbocycles. The highest BCUT2D eigenvalue weighted by Crippen LogP contribution is 2.26. The normalized spacial score (nSPS) is 13.5. The lowest BCUT2D eigenvalue weighted by atomic mass is 9.87. The first kappa shape index (κ1) is 33.6. The highest BCUT2D eigenvalue weighted by molar-refractivity contribution is 6.04. The molecule has 2 aromatic carbocycles. The lowest BCUT2D eigenvalue weighted by molar-refractivity contribution is 0.276. The van der Waals surface area contributed by atoms with E-state index in [1.807, 2.05) is 32.0 Å². The predicted molar refractivity (Wildman–Crippen MR) is 172 cm³/mol. The van der Waals surface area contributed by atoms with Crippen LogP contribution < -0.4 is 16.4 Å². The van der Waals surface area contributed by atoms with Gasteiger partial charge in [0.15, 0.2) is 5.84 Å². The molecule has 0 aliphatic heterocycles. The number of hydrogen-bond acceptors (Lipinski definition) is 5. The number of nitrogens with one attached hydrogen (secondary N) is 3. The van der Waals surface area contributed by atoms with Gasteiger partial charge in [-0.25, -0.2) is 4.99 Å². The lowest BCUT2D eigenvalue weighted by Gasteiger charge is -2.35. The second kappa shape index (κ2) is 18.0. The Labute approximate surface area is 238 Å². The molecule has 2 aromatic rings. The number of rotatable bonds is 9. The van der Waals surface area contributed by atoms with Gasteiger partial charge in [-0.1, -0.05) is 70.3 Å². The van der Waals surface area contributed by atoms with Gasteiger partial charge >= 0.3 is 0 Å². The number of aryl methyl sites for hydroxylation is 2. The summed E-state index contributed by atoms with van der Waals surface area (Å²) in [6.07, 6.45) is 5.85. The lowest BCUT2D eigenvalue weighted by Crippen LogP contribution is -2.37. The summed E-state index contributed by atoms with van der Waals surface area (Å²) in [5.41, 5.74) is 12.5. The van der Waals surface area contributed by atoms with E-state index in [2.05, 4.69) is 98.4 Å². The van der Waals surface area contributed by atoms with Gasteiger partial charge in [0.05, 0.1) is 6.54 Å². The first-order chi connectivity index (χ1) is 18.5. The van der Waals surface area contributed by atoms with E-state index in [1.54, 1.807) is 0 Å². The van der Waals surface area contributed by atoms with Crippen molar-refractivity contribution >= 4 is 17.2 Å². The Morgan fingerprint density at radius 2 is 1.85 bits per heavy atom. The van der Waals surface area contributed by atoms with Crippen molar-refractivity contribution in [3.8, 4) is 0 Å². The molecular formula is C33H52N6. The molecule has 0 bridgehead atoms. The van der Waals surface area contributed by atoms with E-state index in [0.29, 0.717) is 24.5 Å². The molecule has 0 amide bonds. The van der Waals surface area contributed by atoms with Crippen molar-refractivity contribution < 1.29 is 0 Å². The molecule has 1 aliphatic carbocycles. The van der Waals surface area contributed by atoms with Gasteiger partial charge in [0, 0.05) is 41.8 Å². The Morgan fingerprint density at radius 3 is 2.41 bits per heavy atom. The molecule has 1 unspecified atom stereocenters. The summed E-state index contributed by atoms with van der Waals surface area (Å²) in [6, 6.07) is 15.9. The fourth-order valence-corrected chi connectivity index (χ4v) is 4.27. The monoisotopic (exact) mass is 532 g/mol. The molecule has 0 heterocycles. The quantitative estimate of drug-likeness (QED) is 0.214. The zero-order valence-corrected chi connectivity index (χ0v) is 25.4. The van der Waals surface area contributed by atoms with Crippen molar-refractivity contribution in [1.29, 1.82) is 5.41 Å². The van der Waals surface area contributed by atoms with Crippen molar-refractivity contribution in [2.24, 2.45) is 10.7 Å². The number of nitrogens with zero attached hydrogens (tertiary/aromatic N) is 2. The van der Waals surface area contributed by atoms with Gasteiger partial charge in [0.25, 0.3) is 0 Å². The van der Waals surface area contributed by atoms with Crippen LogP contribution >= 0.6 is 0 Å². The molecule has 5 N–H and O–H groups in total. The number of fused-ring (bicyclic) bond motifs is 1. The molecule has 1 atom stereocenters. The number of amidine groups is 1. The van der Waals surface area contributed by atoms with Gasteiger partial charge in [-0.15, -0.1) is 0 Å². The highest BCUT2D eigenvalue weighted by atomic mass is 15.2. The van der Waals surface area contributed by atoms with E-state index < -0.39 is 0 Å². The maximum atomic E-state index is 8.16. The number of anilines is 1. The van der Waals surface area contributed by atoms with Gasteiger partial charge in [-0.3, -0.25) is 5.41 Å². The van der Waals surface area contributed by atoms with Crippen LogP contribution in [0.3, 0.4) is 0 Å². The Morgan fingerprint density at radius 1 is 1.21 bits per heavy atom. The largest absolute Gasteiger partial charge is 0.405 e. The van der Waals surface area contributed by atoms with Crippen LogP contribution in [0.2, 0.25) is 0 Å². The van der Waals surface area contributed by atoms with Crippen molar-refractivity contribution in [3.05, 3.63) is 89.8 Å². The third-order valence-electron chi connectivity index (χ3n) is 6.50. The SMILES string of the molecule is C=C(CNc1cc(C(=N)N=C(C)C)ccc1C)N(C)C1CCc2ccccc2C1.C=CN.CCCNC(C)C. The van der Waals surface area contributed by atoms with Crippen LogP contribution in [0, 0.1) is 12.3 Å². The fourth-order valence-electron chi connectivity index (χ4n) is 4.27. The van der Waals surface area contributed by atoms with Crippen molar-refractivity contribution in [2.45, 2.75) is 79.3 Å². The number of likely N-dealkylation sites (N-methyl/N-ethyl adjacent to an activating group) is 1. The van der Waals surface area contributed by atoms with E-state index in [9.17, 15) is 0 Å². The minimum Gasteiger partial charge on any atom is -0.405 e. The molecule has 6 nitrogen and oxygen atoms in total. The van der Waals surface area contributed by atoms with Gasteiger partial charge in [-0.2, -0.15) is 0 Å². The van der Waals surface area contributed by atoms with E-state index in [0.717, 1.165) is 54.0 Å². The average Bonchev–Trinajstić information content (AvgIpc) is 2.91. The number of aliphatic imine (C=N–C) groups is 1. The molecule has 1 aliphatic rings. The zero-order valence-electron chi connectivity index (χ0n) is 25.4. The number of hydrogen-bond donors (Lipinski definition) is 4. The van der Waals surface area contributed by atoms with Crippen LogP contribution in [-0.4, -0.2) is 48.7 Å². The topological polar surface area (TPSA) is 89.5 Å². The van der Waals surface area contributed by atoms with Crippen LogP contribution in [-0.2, 0) is 12.8 Å². The second-order valence-corrected chi connectivity index (χ2v) is 10.5. The van der Waals surface area contributed by atoms with Crippen LogP contribution in [0.1, 0.15) is 69.7 Å². The Kier molecular flexibility index (Phi) is 15.5. The number of nitrogens with two attached hydrogens (primary N) is 1. The summed E-state index contributed by atoms with van der Waals surface area (Å²) in [7, 11) is 2.15. The van der Waals surface area contributed by atoms with E-state index >= 15 is 0 Å². The molecule has 39 heavy (non-hydrogen) atoms.